The van der Waals surface area contributed by atoms with Crippen LogP contribution in [0.1, 0.15) is 19.4 Å². The van der Waals surface area contributed by atoms with Gasteiger partial charge in [-0.3, -0.25) is 4.18 Å². The molecule has 24 heavy (non-hydrogen) atoms. The van der Waals surface area contributed by atoms with E-state index in [1.165, 1.54) is 31.2 Å². The largest absolute Gasteiger partial charge is 0.380 e. The SMILES string of the molecule is CCS(=O)(=O)O[C@H](C)[C@](O)(Cn1cncn1)c1ccc(F)cc1F. The molecule has 2 atom stereocenters. The van der Waals surface area contributed by atoms with E-state index >= 15 is 0 Å². The molecule has 0 radical (unpaired) electrons. The molecule has 1 heterocycles. The first-order valence-corrected chi connectivity index (χ1v) is 8.67. The second-order valence-corrected chi connectivity index (χ2v) is 7.11. The molecule has 132 valence electrons. The van der Waals surface area contributed by atoms with Crippen molar-refractivity contribution in [3.8, 4) is 0 Å². The van der Waals surface area contributed by atoms with Gasteiger partial charge >= 0.3 is 0 Å². The lowest BCUT2D eigenvalue weighted by Gasteiger charge is -2.33. The van der Waals surface area contributed by atoms with Crippen molar-refractivity contribution in [2.24, 2.45) is 0 Å². The third kappa shape index (κ3) is 3.94. The minimum Gasteiger partial charge on any atom is -0.380 e. The predicted octanol–water partition coefficient (Wildman–Crippen LogP) is 1.20. The number of halogens is 2. The second kappa shape index (κ2) is 6.91. The van der Waals surface area contributed by atoms with Gasteiger partial charge in [0.15, 0.2) is 0 Å². The van der Waals surface area contributed by atoms with Crippen molar-refractivity contribution in [3.63, 3.8) is 0 Å². The number of nitrogens with zero attached hydrogens (tertiary/aromatic N) is 3. The summed E-state index contributed by atoms with van der Waals surface area (Å²) in [7, 11) is -3.91. The number of aliphatic hydroxyl groups is 1. The van der Waals surface area contributed by atoms with Crippen LogP contribution in [0, 0.1) is 11.6 Å². The first-order chi connectivity index (χ1) is 11.2. The molecule has 0 aliphatic heterocycles. The average molecular weight is 361 g/mol. The third-order valence-corrected chi connectivity index (χ3v) is 4.87. The fraction of sp³-hybridized carbons (Fsp3) is 0.429. The van der Waals surface area contributed by atoms with Crippen LogP contribution in [0.5, 0.6) is 0 Å². The van der Waals surface area contributed by atoms with Gasteiger partial charge in [0, 0.05) is 11.6 Å². The van der Waals surface area contributed by atoms with Gasteiger partial charge in [-0.2, -0.15) is 13.5 Å². The molecule has 10 heteroatoms. The molecule has 0 aliphatic rings. The van der Waals surface area contributed by atoms with Crippen LogP contribution in [-0.2, 0) is 26.4 Å². The zero-order valence-corrected chi connectivity index (χ0v) is 13.9. The van der Waals surface area contributed by atoms with Crippen molar-refractivity contribution < 1.29 is 26.5 Å². The highest BCUT2D eigenvalue weighted by Crippen LogP contribution is 2.32. The highest BCUT2D eigenvalue weighted by atomic mass is 32.2. The van der Waals surface area contributed by atoms with Gasteiger partial charge in [0.25, 0.3) is 10.1 Å². The van der Waals surface area contributed by atoms with Crippen molar-refractivity contribution in [3.05, 3.63) is 48.1 Å². The van der Waals surface area contributed by atoms with Gasteiger partial charge in [-0.25, -0.2) is 18.4 Å². The molecule has 0 bridgehead atoms. The summed E-state index contributed by atoms with van der Waals surface area (Å²) in [6, 6.07) is 2.61. The van der Waals surface area contributed by atoms with E-state index in [0.717, 1.165) is 12.1 Å². The van der Waals surface area contributed by atoms with Crippen LogP contribution in [0.4, 0.5) is 8.78 Å². The number of hydrogen-bond acceptors (Lipinski definition) is 6. The van der Waals surface area contributed by atoms with Gasteiger partial charge in [0.1, 0.15) is 36.0 Å². The summed E-state index contributed by atoms with van der Waals surface area (Å²) in [5.41, 5.74) is -2.42. The highest BCUT2D eigenvalue weighted by molar-refractivity contribution is 7.86. The van der Waals surface area contributed by atoms with Crippen LogP contribution in [0.25, 0.3) is 0 Å². The van der Waals surface area contributed by atoms with Gasteiger partial charge in [-0.05, 0) is 19.9 Å². The summed E-state index contributed by atoms with van der Waals surface area (Å²) in [5, 5.41) is 14.8. The van der Waals surface area contributed by atoms with Crippen LogP contribution < -0.4 is 0 Å². The topological polar surface area (TPSA) is 94.3 Å². The number of aromatic nitrogens is 3. The van der Waals surface area contributed by atoms with Gasteiger partial charge in [-0.1, -0.05) is 6.07 Å². The Labute approximate surface area is 138 Å². The van der Waals surface area contributed by atoms with E-state index in [2.05, 4.69) is 10.1 Å². The maximum atomic E-state index is 14.2. The summed E-state index contributed by atoms with van der Waals surface area (Å²) < 4.78 is 56.9. The van der Waals surface area contributed by atoms with Crippen molar-refractivity contribution >= 4 is 10.1 Å². The standard InChI is InChI=1S/C14H17F2N3O4S/c1-3-24(21,22)23-10(2)14(20,7-19-9-17-8-18-19)12-5-4-11(15)6-13(12)16/h4-6,8-10,20H,3,7H2,1-2H3/t10-,14-/m1/s1. The molecule has 2 aromatic rings. The Morgan fingerprint density at radius 3 is 2.67 bits per heavy atom. The van der Waals surface area contributed by atoms with Gasteiger partial charge < -0.3 is 5.11 Å². The summed E-state index contributed by atoms with van der Waals surface area (Å²) in [5.74, 6) is -2.17. The molecule has 0 aliphatic carbocycles. The van der Waals surface area contributed by atoms with Crippen molar-refractivity contribution in [2.75, 3.05) is 5.75 Å². The molecule has 7 nitrogen and oxygen atoms in total. The van der Waals surface area contributed by atoms with E-state index in [9.17, 15) is 22.3 Å². The van der Waals surface area contributed by atoms with Gasteiger partial charge in [0.05, 0.1) is 12.3 Å². The van der Waals surface area contributed by atoms with Crippen LogP contribution in [-0.4, -0.2) is 40.1 Å². The van der Waals surface area contributed by atoms with Gasteiger partial charge in [0.2, 0.25) is 0 Å². The molecular weight excluding hydrogens is 344 g/mol. The molecule has 0 fully saturated rings. The van der Waals surface area contributed by atoms with Crippen LogP contribution >= 0.6 is 0 Å². The van der Waals surface area contributed by atoms with E-state index in [4.69, 9.17) is 4.18 Å². The lowest BCUT2D eigenvalue weighted by atomic mass is 9.88. The van der Waals surface area contributed by atoms with E-state index in [1.54, 1.807) is 0 Å². The summed E-state index contributed by atoms with van der Waals surface area (Å²) in [4.78, 5) is 3.71. The van der Waals surface area contributed by atoms with Crippen molar-refractivity contribution in [2.45, 2.75) is 32.1 Å². The monoisotopic (exact) mass is 361 g/mol. The number of hydrogen-bond donors (Lipinski definition) is 1. The molecule has 0 saturated carbocycles. The quantitative estimate of drug-likeness (QED) is 0.745. The predicted molar refractivity (Wildman–Crippen MR) is 80.3 cm³/mol. The Hall–Kier alpha value is -1.91. The van der Waals surface area contributed by atoms with E-state index in [1.807, 2.05) is 0 Å². The molecule has 0 saturated heterocycles. The van der Waals surface area contributed by atoms with Crippen molar-refractivity contribution in [1.82, 2.24) is 14.8 Å². The molecule has 1 aromatic heterocycles. The van der Waals surface area contributed by atoms with E-state index in [-0.39, 0.29) is 17.9 Å². The molecular formula is C14H17F2N3O4S. The fourth-order valence-electron chi connectivity index (χ4n) is 2.20. The zero-order chi connectivity index (χ0) is 18.0. The summed E-state index contributed by atoms with van der Waals surface area (Å²) in [6.07, 6.45) is 1.12. The highest BCUT2D eigenvalue weighted by Gasteiger charge is 2.42. The summed E-state index contributed by atoms with van der Waals surface area (Å²) >= 11 is 0. The smallest absolute Gasteiger partial charge is 0.267 e. The third-order valence-electron chi connectivity index (χ3n) is 3.58. The minimum atomic E-state index is -3.91. The molecule has 0 spiro atoms. The average Bonchev–Trinajstić information content (AvgIpc) is 2.99. The molecule has 0 unspecified atom stereocenters. The Bertz CT molecular complexity index is 798. The van der Waals surface area contributed by atoms with E-state index < -0.39 is 33.5 Å². The maximum Gasteiger partial charge on any atom is 0.267 e. The Morgan fingerprint density at radius 1 is 1.42 bits per heavy atom. The van der Waals surface area contributed by atoms with E-state index in [0.29, 0.717) is 6.07 Å². The molecule has 2 rings (SSSR count). The van der Waals surface area contributed by atoms with Crippen LogP contribution in [0.15, 0.2) is 30.9 Å². The Balaban J connectivity index is 2.48. The van der Waals surface area contributed by atoms with Crippen LogP contribution in [0.2, 0.25) is 0 Å². The van der Waals surface area contributed by atoms with Crippen LogP contribution in [0.3, 0.4) is 0 Å². The zero-order valence-electron chi connectivity index (χ0n) is 13.1. The number of rotatable bonds is 7. The Morgan fingerprint density at radius 2 is 2.12 bits per heavy atom. The first-order valence-electron chi connectivity index (χ1n) is 7.09. The second-order valence-electron chi connectivity index (χ2n) is 5.23. The minimum absolute atomic E-state index is 0.307. The fourth-order valence-corrected chi connectivity index (χ4v) is 2.94. The van der Waals surface area contributed by atoms with Gasteiger partial charge in [-0.15, -0.1) is 0 Å². The number of benzene rings is 1. The normalized spacial score (nSPS) is 15.9. The maximum absolute atomic E-state index is 14.2. The lowest BCUT2D eigenvalue weighted by molar-refractivity contribution is -0.0737. The van der Waals surface area contributed by atoms with Crippen molar-refractivity contribution in [1.29, 1.82) is 0 Å². The molecule has 0 amide bonds. The molecule has 1 N–H and O–H groups in total. The first kappa shape index (κ1) is 18.4. The Kier molecular flexibility index (Phi) is 5.31. The summed E-state index contributed by atoms with van der Waals surface area (Å²) in [6.45, 7) is 2.32. The lowest BCUT2D eigenvalue weighted by Crippen LogP contribution is -2.45. The molecule has 1 aromatic carbocycles.